The highest BCUT2D eigenvalue weighted by atomic mass is 19.4. The Morgan fingerprint density at radius 1 is 1.25 bits per heavy atom. The van der Waals surface area contributed by atoms with Crippen molar-refractivity contribution in [3.8, 4) is 5.88 Å². The van der Waals surface area contributed by atoms with E-state index in [4.69, 9.17) is 0 Å². The standard InChI is InChI=1S/C20H16F3N7O2/c21-20(22,23)11-2-1-3-13(7-11)25-15-8-16(26-12-4-5-12)30-17(28-15)10(9-24-30)6-14-18(31)29-19(32)27-14/h1-3,6-9,12,25,31H,4-5H2,(H2,27,29,32)/b10-6-,26-16?. The lowest BCUT2D eigenvalue weighted by Crippen LogP contribution is -2.20. The SMILES string of the molecule is O=c1[nH]c(O)c(/C=c2/cnn3c(=NC4CC4)cc(Nc4cccc(C(F)(F)F)c4)nc23)[nH]1. The van der Waals surface area contributed by atoms with E-state index in [9.17, 15) is 23.1 Å². The number of rotatable bonds is 4. The first kappa shape index (κ1) is 19.8. The fourth-order valence-electron chi connectivity index (χ4n) is 3.18. The van der Waals surface area contributed by atoms with Crippen LogP contribution in [0.15, 0.2) is 46.3 Å². The molecule has 3 heterocycles. The molecule has 0 saturated heterocycles. The molecule has 0 unspecified atom stereocenters. The van der Waals surface area contributed by atoms with Gasteiger partial charge in [0.25, 0.3) is 0 Å². The monoisotopic (exact) mass is 443 g/mol. The Morgan fingerprint density at radius 3 is 2.75 bits per heavy atom. The largest absolute Gasteiger partial charge is 0.493 e. The van der Waals surface area contributed by atoms with E-state index >= 15 is 0 Å². The quantitative estimate of drug-likeness (QED) is 0.383. The summed E-state index contributed by atoms with van der Waals surface area (Å²) < 4.78 is 40.7. The third-order valence-electron chi connectivity index (χ3n) is 4.84. The van der Waals surface area contributed by atoms with Crippen LogP contribution in [0.3, 0.4) is 0 Å². The predicted octanol–water partition coefficient (Wildman–Crippen LogP) is 1.82. The van der Waals surface area contributed by atoms with Crippen LogP contribution in [-0.4, -0.2) is 35.7 Å². The summed E-state index contributed by atoms with van der Waals surface area (Å²) in [5.74, 6) is -0.0614. The van der Waals surface area contributed by atoms with Gasteiger partial charge >= 0.3 is 11.9 Å². The number of anilines is 2. The van der Waals surface area contributed by atoms with E-state index < -0.39 is 17.4 Å². The molecule has 4 aromatic rings. The molecule has 0 radical (unpaired) electrons. The van der Waals surface area contributed by atoms with Gasteiger partial charge in [0.15, 0.2) is 11.1 Å². The summed E-state index contributed by atoms with van der Waals surface area (Å²) in [7, 11) is 0. The Morgan fingerprint density at radius 2 is 2.06 bits per heavy atom. The molecular weight excluding hydrogens is 427 g/mol. The molecule has 0 spiro atoms. The molecule has 0 aliphatic heterocycles. The smallest absolute Gasteiger partial charge is 0.416 e. The second-order valence-corrected chi connectivity index (χ2v) is 7.38. The van der Waals surface area contributed by atoms with Crippen LogP contribution in [0.5, 0.6) is 5.88 Å². The third kappa shape index (κ3) is 3.94. The topological polar surface area (TPSA) is 123 Å². The molecule has 1 aliphatic carbocycles. The van der Waals surface area contributed by atoms with E-state index in [2.05, 4.69) is 30.4 Å². The summed E-state index contributed by atoms with van der Waals surface area (Å²) in [5, 5.41) is 17.5. The van der Waals surface area contributed by atoms with Crippen molar-refractivity contribution in [3.05, 3.63) is 69.0 Å². The number of aromatic nitrogens is 5. The number of hydrogen-bond acceptors (Lipinski definition) is 6. The van der Waals surface area contributed by atoms with Crippen molar-refractivity contribution in [2.45, 2.75) is 25.1 Å². The van der Waals surface area contributed by atoms with Crippen molar-refractivity contribution in [2.24, 2.45) is 4.99 Å². The zero-order valence-corrected chi connectivity index (χ0v) is 16.3. The summed E-state index contributed by atoms with van der Waals surface area (Å²) in [4.78, 5) is 25.2. The van der Waals surface area contributed by atoms with Crippen LogP contribution in [-0.2, 0) is 6.18 Å². The van der Waals surface area contributed by atoms with Gasteiger partial charge in [-0.1, -0.05) is 6.07 Å². The molecule has 4 N–H and O–H groups in total. The summed E-state index contributed by atoms with van der Waals surface area (Å²) in [6.07, 6.45) is 0.396. The molecule has 1 fully saturated rings. The number of nitrogens with one attached hydrogen (secondary N) is 3. The summed E-state index contributed by atoms with van der Waals surface area (Å²) in [6.45, 7) is 0. The molecule has 0 amide bonds. The van der Waals surface area contributed by atoms with Gasteiger partial charge in [-0.3, -0.25) is 9.98 Å². The van der Waals surface area contributed by atoms with Crippen molar-refractivity contribution in [3.63, 3.8) is 0 Å². The van der Waals surface area contributed by atoms with Crippen molar-refractivity contribution in [1.29, 1.82) is 0 Å². The third-order valence-corrected chi connectivity index (χ3v) is 4.84. The second kappa shape index (κ2) is 7.25. The molecule has 9 nitrogen and oxygen atoms in total. The Kier molecular flexibility index (Phi) is 4.50. The van der Waals surface area contributed by atoms with Gasteiger partial charge in [0.05, 0.1) is 17.8 Å². The van der Waals surface area contributed by atoms with E-state index in [1.54, 1.807) is 6.07 Å². The van der Waals surface area contributed by atoms with Gasteiger partial charge in [-0.2, -0.15) is 22.8 Å². The number of alkyl halides is 3. The molecule has 1 saturated carbocycles. The first-order valence-corrected chi connectivity index (χ1v) is 9.66. The van der Waals surface area contributed by atoms with Gasteiger partial charge in [-0.15, -0.1) is 0 Å². The zero-order valence-electron chi connectivity index (χ0n) is 16.3. The highest BCUT2D eigenvalue weighted by molar-refractivity contribution is 5.61. The molecule has 32 heavy (non-hydrogen) atoms. The number of nitrogens with zero attached hydrogens (tertiary/aromatic N) is 4. The second-order valence-electron chi connectivity index (χ2n) is 7.38. The Hall–Kier alpha value is -4.09. The van der Waals surface area contributed by atoms with Crippen LogP contribution in [0, 0.1) is 0 Å². The maximum atomic E-state index is 13.1. The number of imidazole rings is 1. The van der Waals surface area contributed by atoms with Crippen molar-refractivity contribution < 1.29 is 18.3 Å². The highest BCUT2D eigenvalue weighted by Crippen LogP contribution is 2.31. The van der Waals surface area contributed by atoms with Crippen molar-refractivity contribution >= 4 is 23.2 Å². The molecular formula is C20H16F3N7O2. The number of fused-ring (bicyclic) bond motifs is 1. The molecule has 12 heteroatoms. The number of hydrogen-bond donors (Lipinski definition) is 4. The number of aromatic amines is 2. The minimum atomic E-state index is -4.47. The molecule has 164 valence electrons. The van der Waals surface area contributed by atoms with Crippen LogP contribution in [0.1, 0.15) is 24.1 Å². The minimum Gasteiger partial charge on any atom is -0.493 e. The van der Waals surface area contributed by atoms with Crippen LogP contribution < -0.4 is 21.7 Å². The van der Waals surface area contributed by atoms with E-state index in [0.29, 0.717) is 16.4 Å². The molecule has 0 atom stereocenters. The predicted molar refractivity (Wildman–Crippen MR) is 108 cm³/mol. The average Bonchev–Trinajstić information content (AvgIpc) is 3.36. The van der Waals surface area contributed by atoms with Crippen LogP contribution >= 0.6 is 0 Å². The summed E-state index contributed by atoms with van der Waals surface area (Å²) in [5.41, 5.74) is -0.164. The first-order valence-electron chi connectivity index (χ1n) is 9.66. The van der Waals surface area contributed by atoms with Gasteiger partial charge in [-0.25, -0.2) is 9.78 Å². The van der Waals surface area contributed by atoms with Gasteiger partial charge < -0.3 is 15.4 Å². The van der Waals surface area contributed by atoms with Crippen LogP contribution in [0.25, 0.3) is 11.7 Å². The Balaban J connectivity index is 1.64. The number of halogens is 3. The molecule has 3 aromatic heterocycles. The van der Waals surface area contributed by atoms with Crippen LogP contribution in [0.4, 0.5) is 24.7 Å². The lowest BCUT2D eigenvalue weighted by Gasteiger charge is -2.10. The van der Waals surface area contributed by atoms with Crippen molar-refractivity contribution in [2.75, 3.05) is 5.32 Å². The fraction of sp³-hybridized carbons (Fsp3) is 0.200. The van der Waals surface area contributed by atoms with Gasteiger partial charge in [0.2, 0.25) is 5.88 Å². The van der Waals surface area contributed by atoms with E-state index in [-0.39, 0.29) is 29.1 Å². The van der Waals surface area contributed by atoms with E-state index in [1.165, 1.54) is 28.9 Å². The zero-order chi connectivity index (χ0) is 22.5. The molecule has 1 aromatic carbocycles. The molecule has 1 aliphatic rings. The minimum absolute atomic E-state index is 0.142. The molecule has 5 rings (SSSR count). The van der Waals surface area contributed by atoms with E-state index in [1.807, 2.05) is 0 Å². The Bertz CT molecular complexity index is 1500. The lowest BCUT2D eigenvalue weighted by atomic mass is 10.2. The number of H-pyrrole nitrogens is 2. The van der Waals surface area contributed by atoms with E-state index in [0.717, 1.165) is 25.0 Å². The maximum absolute atomic E-state index is 13.1. The van der Waals surface area contributed by atoms with Gasteiger partial charge in [0, 0.05) is 17.0 Å². The Labute approximate surface area is 177 Å². The first-order chi connectivity index (χ1) is 15.3. The highest BCUT2D eigenvalue weighted by Gasteiger charge is 2.30. The summed E-state index contributed by atoms with van der Waals surface area (Å²) >= 11 is 0. The number of benzene rings is 1. The van der Waals surface area contributed by atoms with Gasteiger partial charge in [-0.05, 0) is 37.1 Å². The average molecular weight is 443 g/mol. The lowest BCUT2D eigenvalue weighted by molar-refractivity contribution is -0.137. The van der Waals surface area contributed by atoms with Gasteiger partial charge in [0.1, 0.15) is 11.5 Å². The van der Waals surface area contributed by atoms with Crippen LogP contribution in [0.2, 0.25) is 0 Å². The number of aromatic hydroxyl groups is 1. The normalized spacial score (nSPS) is 15.6. The molecule has 0 bridgehead atoms. The maximum Gasteiger partial charge on any atom is 0.416 e. The summed E-state index contributed by atoms with van der Waals surface area (Å²) in [6, 6.07) is 6.56. The van der Waals surface area contributed by atoms with Crippen molar-refractivity contribution in [1.82, 2.24) is 24.6 Å². The fourth-order valence-corrected chi connectivity index (χ4v) is 3.18.